The molecule has 0 unspecified atom stereocenters. The molecule has 0 radical (unpaired) electrons. The summed E-state index contributed by atoms with van der Waals surface area (Å²) in [4.78, 5) is 27.3. The topological polar surface area (TPSA) is 104 Å². The number of carbonyl (C=O) groups is 2. The van der Waals surface area contributed by atoms with Gasteiger partial charge >= 0.3 is 0 Å². The van der Waals surface area contributed by atoms with Crippen LogP contribution in [0.4, 0.5) is 0 Å². The van der Waals surface area contributed by atoms with Gasteiger partial charge in [-0.2, -0.15) is 0 Å². The number of sulfone groups is 1. The van der Waals surface area contributed by atoms with Gasteiger partial charge in [-0.3, -0.25) is 9.59 Å². The van der Waals surface area contributed by atoms with E-state index in [4.69, 9.17) is 0 Å². The van der Waals surface area contributed by atoms with E-state index in [1.807, 2.05) is 4.90 Å². The molecule has 2 amide bonds. The maximum atomic E-state index is 12.8. The number of nitrogens with one attached hydrogen (secondary N) is 1. The zero-order valence-electron chi connectivity index (χ0n) is 19.2. The van der Waals surface area contributed by atoms with Gasteiger partial charge in [-0.05, 0) is 88.9 Å². The minimum atomic E-state index is -2.96. The zero-order chi connectivity index (χ0) is 22.7. The second-order valence-corrected chi connectivity index (χ2v) is 13.0. The zero-order valence-corrected chi connectivity index (χ0v) is 20.0. The molecule has 4 saturated carbocycles. The number of rotatable bonds is 10. The first-order valence-electron chi connectivity index (χ1n) is 12.8. The van der Waals surface area contributed by atoms with Gasteiger partial charge in [0.2, 0.25) is 11.8 Å². The molecule has 0 bridgehead atoms. The van der Waals surface area contributed by atoms with Gasteiger partial charge in [0.1, 0.15) is 0 Å². The van der Waals surface area contributed by atoms with E-state index >= 15 is 0 Å². The maximum absolute atomic E-state index is 12.8. The minimum absolute atomic E-state index is 0.0159. The van der Waals surface area contributed by atoms with Gasteiger partial charge in [0.05, 0.1) is 17.6 Å². The average molecular weight is 469 g/mol. The van der Waals surface area contributed by atoms with Crippen LogP contribution in [0.3, 0.4) is 0 Å². The molecule has 0 aromatic heterocycles. The van der Waals surface area contributed by atoms with Crippen LogP contribution >= 0.6 is 0 Å². The fourth-order valence-electron chi connectivity index (χ4n) is 5.68. The first-order chi connectivity index (χ1) is 15.4. The summed E-state index contributed by atoms with van der Waals surface area (Å²) in [5.41, 5.74) is 0. The highest BCUT2D eigenvalue weighted by molar-refractivity contribution is 7.92. The Bertz CT molecular complexity index is 761. The first-order valence-corrected chi connectivity index (χ1v) is 14.5. The molecule has 2 N–H and O–H groups in total. The highest BCUT2D eigenvalue weighted by Crippen LogP contribution is 2.36. The number of aliphatic hydroxyl groups excluding tert-OH is 1. The smallest absolute Gasteiger partial charge is 0.226 e. The van der Waals surface area contributed by atoms with Gasteiger partial charge in [0.25, 0.3) is 0 Å². The molecule has 182 valence electrons. The highest BCUT2D eigenvalue weighted by Gasteiger charge is 2.38. The Kier molecular flexibility index (Phi) is 7.81. The summed E-state index contributed by atoms with van der Waals surface area (Å²) in [6, 6.07) is 0.458. The molecule has 0 spiro atoms. The van der Waals surface area contributed by atoms with Crippen LogP contribution in [0.15, 0.2) is 0 Å². The maximum Gasteiger partial charge on any atom is 0.226 e. The van der Waals surface area contributed by atoms with Crippen molar-refractivity contribution >= 4 is 21.7 Å². The molecule has 4 fully saturated rings. The second kappa shape index (κ2) is 10.4. The number of hydrogen-bond acceptors (Lipinski definition) is 5. The number of carbonyl (C=O) groups excluding carboxylic acids is 2. The summed E-state index contributed by atoms with van der Waals surface area (Å²) in [6.45, 7) is 0.451. The van der Waals surface area contributed by atoms with Crippen LogP contribution in [-0.4, -0.2) is 66.5 Å². The Hall–Kier alpha value is -1.15. The van der Waals surface area contributed by atoms with E-state index in [1.165, 1.54) is 0 Å². The monoisotopic (exact) mass is 468 g/mol. The standard InChI is InChI=1S/C24H40N2O5S/c27-14-13-26(21-9-10-21)24(29)19-5-7-20(8-6-19)25-23(28)15-17-3-11-22(12-4-17)32(30,31)16-18-1-2-18/h17-22,27H,1-16H2,(H,25,28). The van der Waals surface area contributed by atoms with Crippen molar-refractivity contribution in [2.24, 2.45) is 17.8 Å². The molecule has 8 heteroatoms. The van der Waals surface area contributed by atoms with E-state index < -0.39 is 9.84 Å². The Morgan fingerprint density at radius 3 is 2.03 bits per heavy atom. The van der Waals surface area contributed by atoms with Crippen molar-refractivity contribution in [1.29, 1.82) is 0 Å². The van der Waals surface area contributed by atoms with E-state index in [1.54, 1.807) is 0 Å². The Morgan fingerprint density at radius 1 is 0.844 bits per heavy atom. The van der Waals surface area contributed by atoms with E-state index in [9.17, 15) is 23.1 Å². The third-order valence-corrected chi connectivity index (χ3v) is 10.4. The normalized spacial score (nSPS) is 31.2. The molecule has 4 aliphatic carbocycles. The molecule has 4 aliphatic rings. The summed E-state index contributed by atoms with van der Waals surface area (Å²) in [6.07, 6.45) is 11.0. The van der Waals surface area contributed by atoms with Crippen molar-refractivity contribution in [3.63, 3.8) is 0 Å². The van der Waals surface area contributed by atoms with Crippen molar-refractivity contribution in [1.82, 2.24) is 10.2 Å². The minimum Gasteiger partial charge on any atom is -0.395 e. The van der Waals surface area contributed by atoms with Gasteiger partial charge in [-0.1, -0.05) is 0 Å². The molecular formula is C24H40N2O5S. The lowest BCUT2D eigenvalue weighted by Crippen LogP contribution is -2.44. The van der Waals surface area contributed by atoms with Gasteiger partial charge in [-0.25, -0.2) is 8.42 Å². The van der Waals surface area contributed by atoms with Crippen LogP contribution in [0.5, 0.6) is 0 Å². The van der Waals surface area contributed by atoms with E-state index in [2.05, 4.69) is 5.32 Å². The Morgan fingerprint density at radius 2 is 1.47 bits per heavy atom. The van der Waals surface area contributed by atoms with Crippen molar-refractivity contribution in [3.8, 4) is 0 Å². The largest absolute Gasteiger partial charge is 0.395 e. The van der Waals surface area contributed by atoms with Crippen LogP contribution in [0.25, 0.3) is 0 Å². The molecule has 0 aromatic rings. The molecule has 0 saturated heterocycles. The highest BCUT2D eigenvalue weighted by atomic mass is 32.2. The third-order valence-electron chi connectivity index (χ3n) is 7.99. The lowest BCUT2D eigenvalue weighted by atomic mass is 9.84. The van der Waals surface area contributed by atoms with Crippen LogP contribution < -0.4 is 5.32 Å². The van der Waals surface area contributed by atoms with Crippen LogP contribution in [-0.2, 0) is 19.4 Å². The molecule has 4 rings (SSSR count). The van der Waals surface area contributed by atoms with Crippen LogP contribution in [0, 0.1) is 17.8 Å². The van der Waals surface area contributed by atoms with Crippen molar-refractivity contribution in [2.75, 3.05) is 18.9 Å². The number of amides is 2. The summed E-state index contributed by atoms with van der Waals surface area (Å²) in [5, 5.41) is 12.2. The quantitative estimate of drug-likeness (QED) is 0.512. The molecular weight excluding hydrogens is 428 g/mol. The van der Waals surface area contributed by atoms with Gasteiger partial charge in [-0.15, -0.1) is 0 Å². The predicted molar refractivity (Wildman–Crippen MR) is 123 cm³/mol. The third kappa shape index (κ3) is 6.46. The lowest BCUT2D eigenvalue weighted by molar-refractivity contribution is -0.137. The van der Waals surface area contributed by atoms with Gasteiger partial charge in [0, 0.05) is 31.0 Å². The van der Waals surface area contributed by atoms with Crippen LogP contribution in [0.1, 0.15) is 83.5 Å². The van der Waals surface area contributed by atoms with Crippen molar-refractivity contribution in [2.45, 2.75) is 101 Å². The van der Waals surface area contributed by atoms with E-state index in [-0.39, 0.29) is 41.5 Å². The fourth-order valence-corrected chi connectivity index (χ4v) is 7.93. The average Bonchev–Trinajstić information content (AvgIpc) is 3.68. The molecule has 0 heterocycles. The van der Waals surface area contributed by atoms with E-state index in [0.29, 0.717) is 43.5 Å². The fraction of sp³-hybridized carbons (Fsp3) is 0.917. The molecule has 32 heavy (non-hydrogen) atoms. The van der Waals surface area contributed by atoms with Crippen LogP contribution in [0.2, 0.25) is 0 Å². The first kappa shape index (κ1) is 24.0. The molecule has 7 nitrogen and oxygen atoms in total. The number of aliphatic hydroxyl groups is 1. The Balaban J connectivity index is 1.15. The van der Waals surface area contributed by atoms with E-state index in [0.717, 1.165) is 64.2 Å². The van der Waals surface area contributed by atoms with Gasteiger partial charge in [0.15, 0.2) is 9.84 Å². The SMILES string of the molecule is O=C(CC1CCC(S(=O)(=O)CC2CC2)CC1)NC1CCC(C(=O)N(CCO)C2CC2)CC1. The molecule has 0 atom stereocenters. The summed E-state index contributed by atoms with van der Waals surface area (Å²) in [7, 11) is -2.96. The molecule has 0 aromatic carbocycles. The second-order valence-electron chi connectivity index (χ2n) is 10.7. The van der Waals surface area contributed by atoms with Gasteiger partial charge < -0.3 is 15.3 Å². The Labute approximate surface area is 192 Å². The van der Waals surface area contributed by atoms with Crippen molar-refractivity contribution in [3.05, 3.63) is 0 Å². The number of hydrogen-bond donors (Lipinski definition) is 2. The summed E-state index contributed by atoms with van der Waals surface area (Å²) in [5.74, 6) is 1.32. The predicted octanol–water partition coefficient (Wildman–Crippen LogP) is 2.42. The summed E-state index contributed by atoms with van der Waals surface area (Å²) < 4.78 is 25.0. The number of nitrogens with zero attached hydrogens (tertiary/aromatic N) is 1. The van der Waals surface area contributed by atoms with Crippen molar-refractivity contribution < 1.29 is 23.1 Å². The lowest BCUT2D eigenvalue weighted by Gasteiger charge is -2.33. The summed E-state index contributed by atoms with van der Waals surface area (Å²) >= 11 is 0. The molecule has 0 aliphatic heterocycles.